The quantitative estimate of drug-likeness (QED) is 0.389. The van der Waals surface area contributed by atoms with Crippen LogP contribution in [0, 0.1) is 5.82 Å². The number of aromatic nitrogens is 8. The van der Waals surface area contributed by atoms with Crippen LogP contribution in [0.25, 0.3) is 50.4 Å². The van der Waals surface area contributed by atoms with Gasteiger partial charge in [-0.15, -0.1) is 0 Å². The van der Waals surface area contributed by atoms with Gasteiger partial charge in [0.1, 0.15) is 11.5 Å². The molecule has 0 fully saturated rings. The van der Waals surface area contributed by atoms with Crippen LogP contribution in [0.1, 0.15) is 19.4 Å². The lowest BCUT2D eigenvalue weighted by Gasteiger charge is -2.21. The lowest BCUT2D eigenvalue weighted by atomic mass is 9.96. The molecule has 1 N–H and O–H groups in total. The van der Waals surface area contributed by atoms with Gasteiger partial charge in [-0.25, -0.2) is 19.2 Å². The second kappa shape index (κ2) is 7.99. The summed E-state index contributed by atoms with van der Waals surface area (Å²) in [7, 11) is 7.02. The minimum Gasteiger partial charge on any atom is -0.386 e. The molecule has 38 heavy (non-hydrogen) atoms. The van der Waals surface area contributed by atoms with Crippen molar-refractivity contribution in [2.24, 2.45) is 28.2 Å². The molecule has 0 spiro atoms. The molecule has 0 aliphatic rings. The Balaban J connectivity index is 1.73. The number of fused-ring (bicyclic) bond motifs is 2. The van der Waals surface area contributed by atoms with Crippen molar-refractivity contribution in [3.8, 4) is 28.3 Å². The summed E-state index contributed by atoms with van der Waals surface area (Å²) in [5, 5.41) is 15.3. The van der Waals surface area contributed by atoms with E-state index in [1.807, 2.05) is 28.3 Å². The van der Waals surface area contributed by atoms with Gasteiger partial charge < -0.3 is 9.67 Å². The highest BCUT2D eigenvalue weighted by atomic mass is 19.1. The van der Waals surface area contributed by atoms with Crippen molar-refractivity contribution in [1.82, 2.24) is 38.0 Å². The third-order valence-electron chi connectivity index (χ3n) is 7.07. The molecule has 0 atom stereocenters. The highest BCUT2D eigenvalue weighted by Crippen LogP contribution is 2.36. The van der Waals surface area contributed by atoms with Crippen LogP contribution in [0.2, 0.25) is 0 Å². The predicted molar refractivity (Wildman–Crippen MR) is 142 cm³/mol. The first-order chi connectivity index (χ1) is 18.0. The van der Waals surface area contributed by atoms with E-state index >= 15 is 4.39 Å². The standard InChI is InChI=1S/C27H27FN8O2/c1-27(2,38)18-7-16(8-22-24(18)35(6)26(37)34(22)5)36-21-10-19(28)17(15-11-30-33(4)13-15)9-20(21)31-25(36)23-12-29-14-32(23)3/h7-14,38H,1-6H3. The van der Waals surface area contributed by atoms with E-state index in [0.29, 0.717) is 50.3 Å². The van der Waals surface area contributed by atoms with Gasteiger partial charge in [-0.2, -0.15) is 5.10 Å². The Morgan fingerprint density at radius 2 is 1.74 bits per heavy atom. The van der Waals surface area contributed by atoms with E-state index in [0.717, 1.165) is 5.69 Å². The van der Waals surface area contributed by atoms with Gasteiger partial charge in [0.25, 0.3) is 0 Å². The summed E-state index contributed by atoms with van der Waals surface area (Å²) in [6.45, 7) is 3.35. The van der Waals surface area contributed by atoms with Crippen LogP contribution in [-0.4, -0.2) is 43.1 Å². The van der Waals surface area contributed by atoms with Crippen molar-refractivity contribution in [3.63, 3.8) is 0 Å². The third kappa shape index (κ3) is 3.42. The normalized spacial score (nSPS) is 12.3. The molecule has 4 aromatic heterocycles. The van der Waals surface area contributed by atoms with Crippen LogP contribution in [0.5, 0.6) is 0 Å². The van der Waals surface area contributed by atoms with Crippen molar-refractivity contribution in [2.45, 2.75) is 19.4 Å². The molecule has 194 valence electrons. The number of aryl methyl sites for hydroxylation is 4. The van der Waals surface area contributed by atoms with Gasteiger partial charge in [-0.05, 0) is 32.0 Å². The molecule has 0 radical (unpaired) electrons. The molecule has 6 rings (SSSR count). The number of hydrogen-bond donors (Lipinski definition) is 1. The summed E-state index contributed by atoms with van der Waals surface area (Å²) in [5.41, 5.74) is 3.86. The largest absolute Gasteiger partial charge is 0.386 e. The molecule has 0 saturated heterocycles. The van der Waals surface area contributed by atoms with E-state index in [1.165, 1.54) is 15.2 Å². The van der Waals surface area contributed by atoms with E-state index in [1.54, 1.807) is 70.7 Å². The lowest BCUT2D eigenvalue weighted by Crippen LogP contribution is -2.21. The Kier molecular flexibility index (Phi) is 5.02. The molecule has 11 heteroatoms. The molecule has 2 aromatic carbocycles. The zero-order valence-electron chi connectivity index (χ0n) is 21.9. The first kappa shape index (κ1) is 23.9. The number of halogens is 1. The first-order valence-corrected chi connectivity index (χ1v) is 12.1. The van der Waals surface area contributed by atoms with Crippen molar-refractivity contribution in [2.75, 3.05) is 0 Å². The molecular weight excluding hydrogens is 487 g/mol. The summed E-state index contributed by atoms with van der Waals surface area (Å²) in [5.74, 6) is 0.129. The number of hydrogen-bond acceptors (Lipinski definition) is 5. The topological polar surface area (TPSA) is 101 Å². The van der Waals surface area contributed by atoms with E-state index in [9.17, 15) is 9.90 Å². The fraction of sp³-hybridized carbons (Fsp3) is 0.259. The fourth-order valence-electron chi connectivity index (χ4n) is 5.12. The Hall–Kier alpha value is -4.51. The van der Waals surface area contributed by atoms with Crippen molar-refractivity contribution >= 4 is 22.1 Å². The minimum atomic E-state index is -1.26. The highest BCUT2D eigenvalue weighted by Gasteiger charge is 2.27. The number of rotatable bonds is 4. The molecule has 0 unspecified atom stereocenters. The molecular formula is C27H27FN8O2. The SMILES string of the molecule is Cn1cc(-c2cc3nc(-c4cncn4C)n(-c4cc(C(C)(C)O)c5c(c4)n(C)c(=O)n5C)c3cc2F)cn1. The van der Waals surface area contributed by atoms with Gasteiger partial charge in [0.05, 0.1) is 52.1 Å². The predicted octanol–water partition coefficient (Wildman–Crippen LogP) is 3.38. The monoisotopic (exact) mass is 514 g/mol. The Labute approximate surface area is 216 Å². The van der Waals surface area contributed by atoms with Gasteiger partial charge >= 0.3 is 5.69 Å². The molecule has 0 amide bonds. The van der Waals surface area contributed by atoms with Crippen LogP contribution in [0.3, 0.4) is 0 Å². The van der Waals surface area contributed by atoms with Gasteiger partial charge in [-0.3, -0.25) is 18.4 Å². The molecule has 10 nitrogen and oxygen atoms in total. The van der Waals surface area contributed by atoms with Gasteiger partial charge in [-0.1, -0.05) is 0 Å². The summed E-state index contributed by atoms with van der Waals surface area (Å²) in [6, 6.07) is 6.86. The first-order valence-electron chi connectivity index (χ1n) is 12.1. The number of nitrogens with zero attached hydrogens (tertiary/aromatic N) is 8. The highest BCUT2D eigenvalue weighted by molar-refractivity contribution is 5.89. The lowest BCUT2D eigenvalue weighted by molar-refractivity contribution is 0.0798. The molecule has 0 aliphatic heterocycles. The van der Waals surface area contributed by atoms with E-state index in [4.69, 9.17) is 4.98 Å². The summed E-state index contributed by atoms with van der Waals surface area (Å²) < 4.78 is 24.0. The third-order valence-corrected chi connectivity index (χ3v) is 7.07. The Morgan fingerprint density at radius 1 is 0.974 bits per heavy atom. The number of aliphatic hydroxyl groups is 1. The van der Waals surface area contributed by atoms with Crippen LogP contribution < -0.4 is 5.69 Å². The molecule has 4 heterocycles. The summed E-state index contributed by atoms with van der Waals surface area (Å²) in [4.78, 5) is 22.0. The van der Waals surface area contributed by atoms with Gasteiger partial charge in [0.15, 0.2) is 5.82 Å². The van der Waals surface area contributed by atoms with E-state index in [2.05, 4.69) is 10.1 Å². The summed E-state index contributed by atoms with van der Waals surface area (Å²) in [6.07, 6.45) is 6.74. The van der Waals surface area contributed by atoms with Gasteiger partial charge in [0.2, 0.25) is 0 Å². The molecule has 6 aromatic rings. The molecule has 0 saturated carbocycles. The summed E-state index contributed by atoms with van der Waals surface area (Å²) >= 11 is 0. The van der Waals surface area contributed by atoms with Crippen molar-refractivity contribution in [1.29, 1.82) is 0 Å². The van der Waals surface area contributed by atoms with Crippen molar-refractivity contribution < 1.29 is 9.50 Å². The smallest absolute Gasteiger partial charge is 0.328 e. The second-order valence-corrected chi connectivity index (χ2v) is 10.2. The number of benzene rings is 2. The van der Waals surface area contributed by atoms with E-state index in [-0.39, 0.29) is 5.69 Å². The van der Waals surface area contributed by atoms with E-state index < -0.39 is 11.4 Å². The Morgan fingerprint density at radius 3 is 2.37 bits per heavy atom. The van der Waals surface area contributed by atoms with Crippen LogP contribution in [-0.2, 0) is 33.8 Å². The van der Waals surface area contributed by atoms with Crippen LogP contribution >= 0.6 is 0 Å². The maximum atomic E-state index is 15.6. The average molecular weight is 515 g/mol. The molecule has 0 bridgehead atoms. The number of imidazole rings is 3. The van der Waals surface area contributed by atoms with Gasteiger partial charge in [0, 0.05) is 57.1 Å². The van der Waals surface area contributed by atoms with Crippen LogP contribution in [0.15, 0.2) is 54.0 Å². The maximum absolute atomic E-state index is 15.6. The zero-order valence-corrected chi connectivity index (χ0v) is 21.9. The fourth-order valence-corrected chi connectivity index (χ4v) is 5.12. The second-order valence-electron chi connectivity index (χ2n) is 10.2. The maximum Gasteiger partial charge on any atom is 0.328 e. The minimum absolute atomic E-state index is 0.211. The zero-order chi connectivity index (χ0) is 27.1. The Bertz CT molecular complexity index is 1940. The van der Waals surface area contributed by atoms with Crippen molar-refractivity contribution in [3.05, 3.63) is 71.0 Å². The molecule has 0 aliphatic carbocycles. The average Bonchev–Trinajstić information content (AvgIpc) is 3.61. The van der Waals surface area contributed by atoms with Crippen LogP contribution in [0.4, 0.5) is 4.39 Å².